The van der Waals surface area contributed by atoms with Gasteiger partial charge in [-0.05, 0) is 87.3 Å². The molecular weight excluding hydrogens is 654 g/mol. The Morgan fingerprint density at radius 3 is 2.58 bits per heavy atom. The molecule has 10 nitrogen and oxygen atoms in total. The summed E-state index contributed by atoms with van der Waals surface area (Å²) in [7, 11) is 3.57. The molecule has 3 aliphatic heterocycles. The van der Waals surface area contributed by atoms with E-state index in [1.165, 1.54) is 49.7 Å². The number of aromatic amines is 1. The van der Waals surface area contributed by atoms with Crippen molar-refractivity contribution < 1.29 is 23.9 Å². The molecule has 2 aliphatic carbocycles. The van der Waals surface area contributed by atoms with Crippen LogP contribution in [0, 0.1) is 17.8 Å². The number of nitrogens with one attached hydrogen (secondary N) is 2. The molecule has 2 aromatic rings. The van der Waals surface area contributed by atoms with Crippen LogP contribution >= 0.6 is 0 Å². The summed E-state index contributed by atoms with van der Waals surface area (Å²) in [5, 5.41) is 4.26. The van der Waals surface area contributed by atoms with Gasteiger partial charge in [-0.25, -0.2) is 0 Å². The Hall–Kier alpha value is -3.66. The summed E-state index contributed by atoms with van der Waals surface area (Å²) >= 11 is 0. The van der Waals surface area contributed by atoms with E-state index in [1.807, 2.05) is 9.80 Å². The van der Waals surface area contributed by atoms with Crippen LogP contribution in [0.5, 0.6) is 0 Å². The zero-order chi connectivity index (χ0) is 36.2. The Morgan fingerprint density at radius 2 is 1.83 bits per heavy atom. The second-order valence-corrected chi connectivity index (χ2v) is 16.3. The Morgan fingerprint density at radius 1 is 1.02 bits per heavy atom. The predicted octanol–water partition coefficient (Wildman–Crippen LogP) is 5.63. The average molecular weight is 714 g/mol. The van der Waals surface area contributed by atoms with Gasteiger partial charge >= 0.3 is 0 Å². The van der Waals surface area contributed by atoms with E-state index in [2.05, 4.69) is 34.6 Å². The summed E-state index contributed by atoms with van der Waals surface area (Å²) in [5.41, 5.74) is 4.90. The fourth-order valence-electron chi connectivity index (χ4n) is 10.0. The number of benzene rings is 1. The van der Waals surface area contributed by atoms with Crippen LogP contribution in [0.25, 0.3) is 10.9 Å². The van der Waals surface area contributed by atoms with Crippen LogP contribution < -0.4 is 5.32 Å². The van der Waals surface area contributed by atoms with Gasteiger partial charge in [0.2, 0.25) is 23.6 Å². The van der Waals surface area contributed by atoms with Gasteiger partial charge in [0, 0.05) is 75.6 Å². The summed E-state index contributed by atoms with van der Waals surface area (Å²) in [6.45, 7) is 3.21. The molecule has 5 aliphatic rings. The van der Waals surface area contributed by atoms with Crippen molar-refractivity contribution in [3.63, 3.8) is 0 Å². The van der Waals surface area contributed by atoms with E-state index in [9.17, 15) is 19.2 Å². The van der Waals surface area contributed by atoms with Gasteiger partial charge in [0.15, 0.2) is 0 Å². The number of hydrogen-bond acceptors (Lipinski definition) is 5. The summed E-state index contributed by atoms with van der Waals surface area (Å²) < 4.78 is 5.67. The summed E-state index contributed by atoms with van der Waals surface area (Å²) in [6, 6.07) is 6.45. The van der Waals surface area contributed by atoms with Crippen LogP contribution in [0.4, 0.5) is 0 Å². The molecular formula is C42H59N5O5. The maximum Gasteiger partial charge on any atom is 0.228 e. The fraction of sp³-hybridized carbons (Fsp3) is 0.667. The van der Waals surface area contributed by atoms with E-state index in [4.69, 9.17) is 4.74 Å². The molecule has 1 saturated carbocycles. The first-order chi connectivity index (χ1) is 25.2. The molecule has 7 rings (SSSR count). The molecule has 0 spiro atoms. The van der Waals surface area contributed by atoms with Crippen LogP contribution in [0.3, 0.4) is 0 Å². The number of aryl methyl sites for hydroxylation is 1. The number of allylic oxidation sites excluding steroid dienone is 1. The molecule has 10 heteroatoms. The number of nitrogens with zero attached hydrogens (tertiary/aromatic N) is 3. The normalized spacial score (nSPS) is 25.1. The van der Waals surface area contributed by atoms with Crippen molar-refractivity contribution in [1.82, 2.24) is 25.0 Å². The van der Waals surface area contributed by atoms with Crippen LogP contribution in [-0.2, 0) is 42.3 Å². The van der Waals surface area contributed by atoms with Gasteiger partial charge in [0.1, 0.15) is 0 Å². The Labute approximate surface area is 309 Å². The van der Waals surface area contributed by atoms with Crippen LogP contribution in [0.1, 0.15) is 107 Å². The van der Waals surface area contributed by atoms with Gasteiger partial charge < -0.3 is 29.7 Å². The summed E-state index contributed by atoms with van der Waals surface area (Å²) in [5.74, 6) is -0.346. The minimum atomic E-state index is -0.816. The smallest absolute Gasteiger partial charge is 0.228 e. The number of hydrogen-bond donors (Lipinski definition) is 2. The zero-order valence-electron chi connectivity index (χ0n) is 31.5. The van der Waals surface area contributed by atoms with E-state index < -0.39 is 17.4 Å². The second kappa shape index (κ2) is 16.1. The largest absolute Gasteiger partial charge is 0.378 e. The number of morpholine rings is 1. The van der Waals surface area contributed by atoms with Crippen LogP contribution in [0.15, 0.2) is 29.8 Å². The van der Waals surface area contributed by atoms with E-state index in [0.29, 0.717) is 71.0 Å². The number of carbonyl (C=O) groups excluding carboxylic acids is 4. The number of fused-ring (bicyclic) bond motifs is 5. The number of H-pyrrole nitrogens is 1. The molecule has 2 saturated heterocycles. The Kier molecular flexibility index (Phi) is 11.4. The van der Waals surface area contributed by atoms with Crippen LogP contribution in [-0.4, -0.2) is 96.8 Å². The Balaban J connectivity index is 1.22. The number of ether oxygens (including phenoxy) is 1. The summed E-state index contributed by atoms with van der Waals surface area (Å²) in [4.78, 5) is 65.1. The molecule has 282 valence electrons. The molecule has 0 bridgehead atoms. The third-order valence-corrected chi connectivity index (χ3v) is 12.9. The third kappa shape index (κ3) is 7.55. The van der Waals surface area contributed by atoms with Crippen molar-refractivity contribution >= 4 is 34.5 Å². The minimum absolute atomic E-state index is 0.00906. The predicted molar refractivity (Wildman–Crippen MR) is 201 cm³/mol. The molecule has 3 atom stereocenters. The Bertz CT molecular complexity index is 1670. The van der Waals surface area contributed by atoms with E-state index in [-0.39, 0.29) is 30.0 Å². The molecule has 0 unspecified atom stereocenters. The SMILES string of the molecule is CN(C)C(=O)CCc1ccc2c3c([nH]c2c1)[C@]1(CCC2CCCC2)[C@@H](C(=O)N2CCOCC2)C[C@H](CC(=O)NCCC2=CCCCC2)C(=O)N1CC3. The molecule has 3 fully saturated rings. The number of carbonyl (C=O) groups is 4. The first kappa shape index (κ1) is 36.7. The molecule has 1 aromatic carbocycles. The van der Waals surface area contributed by atoms with Gasteiger partial charge in [0.25, 0.3) is 0 Å². The molecule has 52 heavy (non-hydrogen) atoms. The number of amides is 4. The highest BCUT2D eigenvalue weighted by molar-refractivity contribution is 5.93. The molecule has 1 aromatic heterocycles. The van der Waals surface area contributed by atoms with Gasteiger partial charge in [-0.2, -0.15) is 0 Å². The lowest BCUT2D eigenvalue weighted by molar-refractivity contribution is -0.169. The van der Waals surface area contributed by atoms with Crippen molar-refractivity contribution in [2.24, 2.45) is 17.8 Å². The van der Waals surface area contributed by atoms with E-state index in [1.54, 1.807) is 19.0 Å². The lowest BCUT2D eigenvalue weighted by atomic mass is 9.64. The van der Waals surface area contributed by atoms with Gasteiger partial charge in [-0.15, -0.1) is 0 Å². The zero-order valence-corrected chi connectivity index (χ0v) is 31.5. The average Bonchev–Trinajstić information content (AvgIpc) is 3.83. The van der Waals surface area contributed by atoms with Crippen molar-refractivity contribution in [3.05, 3.63) is 46.7 Å². The maximum atomic E-state index is 15.0. The van der Waals surface area contributed by atoms with E-state index >= 15 is 0 Å². The number of piperidine rings is 1. The first-order valence-corrected chi connectivity index (χ1v) is 20.2. The van der Waals surface area contributed by atoms with Crippen molar-refractivity contribution in [3.8, 4) is 0 Å². The molecule has 4 heterocycles. The van der Waals surface area contributed by atoms with Crippen LogP contribution in [0.2, 0.25) is 0 Å². The lowest BCUT2D eigenvalue weighted by Gasteiger charge is -2.56. The third-order valence-electron chi connectivity index (χ3n) is 12.9. The van der Waals surface area contributed by atoms with Gasteiger partial charge in [-0.3, -0.25) is 19.2 Å². The monoisotopic (exact) mass is 713 g/mol. The molecule has 0 radical (unpaired) electrons. The van der Waals surface area contributed by atoms with Crippen molar-refractivity contribution in [1.29, 1.82) is 0 Å². The van der Waals surface area contributed by atoms with Crippen molar-refractivity contribution in [2.45, 2.75) is 108 Å². The standard InChI is InChI=1S/C42H59N5O5/c1-45(2)38(49)15-13-31-12-14-33-34-18-21-47-40(50)32(28-37(48)43-20-17-30-8-4-3-5-9-30)27-35(41(51)46-22-24-52-25-23-46)42(47,39(34)44-36(33)26-31)19-16-29-10-6-7-11-29/h8,12,14,26,29,32,35,44H,3-7,9-11,13,15-25,27-28H2,1-2H3,(H,43,48)/t32-,35-,42+/m1/s1. The second-order valence-electron chi connectivity index (χ2n) is 16.3. The highest BCUT2D eigenvalue weighted by Gasteiger charge is 2.59. The number of aromatic nitrogens is 1. The minimum Gasteiger partial charge on any atom is -0.378 e. The maximum absolute atomic E-state index is 15.0. The molecule has 4 amide bonds. The highest BCUT2D eigenvalue weighted by Crippen LogP contribution is 2.54. The molecule has 2 N–H and O–H groups in total. The fourth-order valence-corrected chi connectivity index (χ4v) is 10.0. The first-order valence-electron chi connectivity index (χ1n) is 20.2. The summed E-state index contributed by atoms with van der Waals surface area (Å²) in [6.07, 6.45) is 16.6. The topological polar surface area (TPSA) is 115 Å². The lowest BCUT2D eigenvalue weighted by Crippen LogP contribution is -2.66. The van der Waals surface area contributed by atoms with Gasteiger partial charge in [0.05, 0.1) is 24.7 Å². The highest BCUT2D eigenvalue weighted by atomic mass is 16.5. The number of rotatable bonds is 12. The van der Waals surface area contributed by atoms with E-state index in [0.717, 1.165) is 54.3 Å². The van der Waals surface area contributed by atoms with Gasteiger partial charge in [-0.1, -0.05) is 49.5 Å². The quantitative estimate of drug-likeness (QED) is 0.277. The van der Waals surface area contributed by atoms with Crippen molar-refractivity contribution in [2.75, 3.05) is 53.5 Å².